The van der Waals surface area contributed by atoms with Gasteiger partial charge in [-0.25, -0.2) is 4.79 Å². The van der Waals surface area contributed by atoms with Crippen LogP contribution in [0.3, 0.4) is 0 Å². The number of fused-ring (bicyclic) bond motifs is 5. The third-order valence-electron chi connectivity index (χ3n) is 8.14. The summed E-state index contributed by atoms with van der Waals surface area (Å²) in [6, 6.07) is 15.3. The van der Waals surface area contributed by atoms with Gasteiger partial charge in [-0.15, -0.1) is 0 Å². The summed E-state index contributed by atoms with van der Waals surface area (Å²) in [7, 11) is 0. The van der Waals surface area contributed by atoms with Crippen molar-refractivity contribution in [2.24, 2.45) is 17.3 Å². The van der Waals surface area contributed by atoms with Crippen molar-refractivity contribution >= 4 is 11.9 Å². The Labute approximate surface area is 183 Å². The lowest BCUT2D eigenvalue weighted by atomic mass is 9.55. The largest absolute Gasteiger partial charge is 0.462 e. The van der Waals surface area contributed by atoms with E-state index in [2.05, 4.69) is 19.1 Å². The second kappa shape index (κ2) is 7.81. The maximum atomic E-state index is 12.4. The number of benzene rings is 2. The Bertz CT molecular complexity index is 998. The van der Waals surface area contributed by atoms with Gasteiger partial charge in [0, 0.05) is 12.3 Å². The minimum absolute atomic E-state index is 0.0668. The first kappa shape index (κ1) is 20.3. The smallest absolute Gasteiger partial charge is 0.343 e. The zero-order chi connectivity index (χ0) is 21.6. The van der Waals surface area contributed by atoms with Crippen LogP contribution in [-0.2, 0) is 16.0 Å². The monoisotopic (exact) mass is 418 g/mol. The minimum Gasteiger partial charge on any atom is -0.462 e. The number of hydrogen-bond donors (Lipinski definition) is 0. The molecule has 0 amide bonds. The topological polar surface area (TPSA) is 52.6 Å². The number of carbonyl (C=O) groups is 2. The first-order valence-electron chi connectivity index (χ1n) is 11.5. The summed E-state index contributed by atoms with van der Waals surface area (Å²) < 4.78 is 11.4. The van der Waals surface area contributed by atoms with Crippen LogP contribution in [0.1, 0.15) is 73.4 Å². The van der Waals surface area contributed by atoms with E-state index >= 15 is 0 Å². The van der Waals surface area contributed by atoms with E-state index in [0.29, 0.717) is 29.1 Å². The van der Waals surface area contributed by atoms with Gasteiger partial charge >= 0.3 is 11.9 Å². The van der Waals surface area contributed by atoms with Crippen molar-refractivity contribution in [1.29, 1.82) is 0 Å². The molecule has 2 fully saturated rings. The summed E-state index contributed by atoms with van der Waals surface area (Å²) in [5.74, 6) is 1.97. The summed E-state index contributed by atoms with van der Waals surface area (Å²) in [6.07, 6.45) is 6.60. The molecule has 3 aliphatic carbocycles. The Balaban J connectivity index is 1.34. The molecule has 4 nitrogen and oxygen atoms in total. The Hall–Kier alpha value is -2.62. The molecule has 2 aromatic rings. The Morgan fingerprint density at radius 1 is 1.00 bits per heavy atom. The van der Waals surface area contributed by atoms with E-state index in [0.717, 1.165) is 38.5 Å². The highest BCUT2D eigenvalue weighted by Gasteiger charge is 2.56. The number of rotatable bonds is 3. The van der Waals surface area contributed by atoms with Crippen LogP contribution >= 0.6 is 0 Å². The van der Waals surface area contributed by atoms with E-state index in [4.69, 9.17) is 9.47 Å². The number of carbonyl (C=O) groups excluding carboxylic acids is 2. The molecule has 0 aliphatic heterocycles. The number of ether oxygens (including phenoxy) is 2. The van der Waals surface area contributed by atoms with E-state index in [1.807, 2.05) is 24.3 Å². The lowest BCUT2D eigenvalue weighted by Crippen LogP contribution is -2.45. The Morgan fingerprint density at radius 3 is 2.58 bits per heavy atom. The van der Waals surface area contributed by atoms with E-state index in [-0.39, 0.29) is 23.5 Å². The summed E-state index contributed by atoms with van der Waals surface area (Å²) in [5.41, 5.74) is 3.41. The van der Waals surface area contributed by atoms with Crippen LogP contribution in [0.15, 0.2) is 48.5 Å². The molecule has 2 aromatic carbocycles. The van der Waals surface area contributed by atoms with Gasteiger partial charge in [0.05, 0.1) is 5.56 Å². The highest BCUT2D eigenvalue weighted by molar-refractivity contribution is 5.91. The van der Waals surface area contributed by atoms with Crippen LogP contribution in [-0.4, -0.2) is 18.0 Å². The molecule has 2 saturated carbocycles. The van der Waals surface area contributed by atoms with Crippen molar-refractivity contribution in [3.05, 3.63) is 65.2 Å². The van der Waals surface area contributed by atoms with Crippen LogP contribution in [0.5, 0.6) is 5.75 Å². The average molecular weight is 419 g/mol. The molecule has 0 unspecified atom stereocenters. The van der Waals surface area contributed by atoms with Crippen molar-refractivity contribution in [3.63, 3.8) is 0 Å². The Kier molecular flexibility index (Phi) is 5.11. The number of aryl methyl sites for hydroxylation is 1. The molecule has 162 valence electrons. The first-order chi connectivity index (χ1) is 15.0. The molecule has 4 heteroatoms. The highest BCUT2D eigenvalue weighted by Crippen LogP contribution is 2.61. The molecule has 0 N–H and O–H groups in total. The molecular formula is C27H30O4. The molecule has 5 rings (SSSR count). The molecule has 0 saturated heterocycles. The first-order valence-corrected chi connectivity index (χ1v) is 11.5. The quantitative estimate of drug-likeness (QED) is 0.474. The molecule has 0 radical (unpaired) electrons. The average Bonchev–Trinajstić information content (AvgIpc) is 3.09. The molecule has 31 heavy (non-hydrogen) atoms. The number of hydrogen-bond acceptors (Lipinski definition) is 4. The molecule has 5 atom stereocenters. The van der Waals surface area contributed by atoms with Crippen LogP contribution in [0, 0.1) is 17.3 Å². The van der Waals surface area contributed by atoms with E-state index in [1.165, 1.54) is 18.1 Å². The Morgan fingerprint density at radius 2 is 1.81 bits per heavy atom. The fourth-order valence-electron chi connectivity index (χ4n) is 6.71. The summed E-state index contributed by atoms with van der Waals surface area (Å²) in [6.45, 7) is 3.87. The molecule has 0 aromatic heterocycles. The molecule has 0 bridgehead atoms. The van der Waals surface area contributed by atoms with Gasteiger partial charge in [0.25, 0.3) is 0 Å². The minimum atomic E-state index is -0.315. The lowest BCUT2D eigenvalue weighted by molar-refractivity contribution is -0.154. The standard InChI is InChI=1S/C27H30O4/c1-17(28)30-25-13-12-24-23-10-8-19-16-20(31-26(29)18-6-4-3-5-7-18)9-11-21(19)22(23)14-15-27(24,25)2/h3-7,9,11,16,22-25H,8,10,12-15H2,1-2H3/t22-,23-,24+,25+,27+/m1/s1. The van der Waals surface area contributed by atoms with Crippen LogP contribution in [0.25, 0.3) is 0 Å². The van der Waals surface area contributed by atoms with Gasteiger partial charge in [-0.2, -0.15) is 0 Å². The summed E-state index contributed by atoms with van der Waals surface area (Å²) in [5, 5.41) is 0. The maximum absolute atomic E-state index is 12.4. The SMILES string of the molecule is CC(=O)O[C@H]1CC[C@H]2[C@@H]3CCc4cc(OC(=O)c5ccccc5)ccc4[C@H]3CC[C@]12C. The van der Waals surface area contributed by atoms with Gasteiger partial charge in [0.15, 0.2) is 0 Å². The van der Waals surface area contributed by atoms with Crippen molar-refractivity contribution < 1.29 is 19.1 Å². The molecular weight excluding hydrogens is 388 g/mol. The van der Waals surface area contributed by atoms with Crippen molar-refractivity contribution in [3.8, 4) is 5.75 Å². The van der Waals surface area contributed by atoms with Crippen LogP contribution in [0.2, 0.25) is 0 Å². The van der Waals surface area contributed by atoms with Crippen molar-refractivity contribution in [2.45, 2.75) is 64.4 Å². The molecule has 0 spiro atoms. The van der Waals surface area contributed by atoms with Gasteiger partial charge < -0.3 is 9.47 Å². The van der Waals surface area contributed by atoms with Gasteiger partial charge in [0.2, 0.25) is 0 Å². The fourth-order valence-corrected chi connectivity index (χ4v) is 6.71. The van der Waals surface area contributed by atoms with Gasteiger partial charge in [-0.3, -0.25) is 4.79 Å². The second-order valence-corrected chi connectivity index (χ2v) is 9.75. The fraction of sp³-hybridized carbons (Fsp3) is 0.481. The number of esters is 2. The molecule has 3 aliphatic rings. The maximum Gasteiger partial charge on any atom is 0.343 e. The van der Waals surface area contributed by atoms with Gasteiger partial charge in [-0.1, -0.05) is 31.2 Å². The summed E-state index contributed by atoms with van der Waals surface area (Å²) >= 11 is 0. The zero-order valence-electron chi connectivity index (χ0n) is 18.3. The lowest BCUT2D eigenvalue weighted by Gasteiger charge is -2.50. The van der Waals surface area contributed by atoms with E-state index in [1.54, 1.807) is 12.1 Å². The highest BCUT2D eigenvalue weighted by atomic mass is 16.5. The molecule has 0 heterocycles. The normalized spacial score (nSPS) is 31.2. The third-order valence-corrected chi connectivity index (χ3v) is 8.14. The predicted molar refractivity (Wildman–Crippen MR) is 118 cm³/mol. The van der Waals surface area contributed by atoms with Crippen molar-refractivity contribution in [2.75, 3.05) is 0 Å². The van der Waals surface area contributed by atoms with Crippen LogP contribution in [0.4, 0.5) is 0 Å². The van der Waals surface area contributed by atoms with Gasteiger partial charge in [0.1, 0.15) is 11.9 Å². The summed E-state index contributed by atoms with van der Waals surface area (Å²) in [4.78, 5) is 24.0. The van der Waals surface area contributed by atoms with E-state index < -0.39 is 0 Å². The third kappa shape index (κ3) is 3.56. The second-order valence-electron chi connectivity index (χ2n) is 9.75. The van der Waals surface area contributed by atoms with Crippen LogP contribution < -0.4 is 4.74 Å². The predicted octanol–water partition coefficient (Wildman–Crippen LogP) is 5.69. The van der Waals surface area contributed by atoms with E-state index in [9.17, 15) is 9.59 Å². The zero-order valence-corrected chi connectivity index (χ0v) is 18.3. The van der Waals surface area contributed by atoms with Gasteiger partial charge in [-0.05, 0) is 91.7 Å². The van der Waals surface area contributed by atoms with Crippen molar-refractivity contribution in [1.82, 2.24) is 0 Å².